The van der Waals surface area contributed by atoms with E-state index in [-0.39, 0.29) is 0 Å². The number of hydrogen-bond donors (Lipinski definition) is 0. The second kappa shape index (κ2) is 5.26. The van der Waals surface area contributed by atoms with Crippen molar-refractivity contribution >= 4 is 15.9 Å². The van der Waals surface area contributed by atoms with Crippen LogP contribution in [0.4, 0.5) is 0 Å². The van der Waals surface area contributed by atoms with Crippen molar-refractivity contribution in [2.45, 2.75) is 47.5 Å². The summed E-state index contributed by atoms with van der Waals surface area (Å²) in [5.74, 6) is 1.61. The Morgan fingerprint density at radius 3 is 1.92 bits per heavy atom. The van der Waals surface area contributed by atoms with Crippen molar-refractivity contribution in [3.63, 3.8) is 0 Å². The van der Waals surface area contributed by atoms with Gasteiger partial charge in [-0.25, -0.2) is 0 Å². The first-order valence-corrected chi connectivity index (χ1v) is 6.10. The van der Waals surface area contributed by atoms with E-state index in [1.165, 1.54) is 12.8 Å². The molecule has 1 atom stereocenters. The van der Waals surface area contributed by atoms with Gasteiger partial charge in [-0.05, 0) is 23.7 Å². The number of halogens is 1. The van der Waals surface area contributed by atoms with E-state index in [0.29, 0.717) is 5.41 Å². The van der Waals surface area contributed by atoms with Crippen LogP contribution in [0.25, 0.3) is 0 Å². The molecule has 0 aromatic carbocycles. The average molecular weight is 235 g/mol. The molecule has 0 heterocycles. The highest BCUT2D eigenvalue weighted by molar-refractivity contribution is 9.09. The van der Waals surface area contributed by atoms with Crippen molar-refractivity contribution in [2.24, 2.45) is 17.3 Å². The summed E-state index contributed by atoms with van der Waals surface area (Å²) in [7, 11) is 0. The number of hydrogen-bond acceptors (Lipinski definition) is 0. The molecule has 0 N–H and O–H groups in total. The maximum absolute atomic E-state index is 3.62. The summed E-state index contributed by atoms with van der Waals surface area (Å²) in [6.45, 7) is 11.6. The monoisotopic (exact) mass is 234 g/mol. The predicted molar refractivity (Wildman–Crippen MR) is 60.8 cm³/mol. The fourth-order valence-corrected chi connectivity index (χ4v) is 2.06. The summed E-state index contributed by atoms with van der Waals surface area (Å²) < 4.78 is 0. The van der Waals surface area contributed by atoms with Gasteiger partial charge in [-0.1, -0.05) is 57.0 Å². The molecule has 0 amide bonds. The summed E-state index contributed by atoms with van der Waals surface area (Å²) in [4.78, 5) is 0. The topological polar surface area (TPSA) is 0 Å². The van der Waals surface area contributed by atoms with E-state index in [1.807, 2.05) is 0 Å². The Labute approximate surface area is 86.3 Å². The van der Waals surface area contributed by atoms with Crippen LogP contribution in [0.15, 0.2) is 0 Å². The molecule has 0 bridgehead atoms. The third-order valence-corrected chi connectivity index (χ3v) is 4.27. The second-order valence-electron chi connectivity index (χ2n) is 4.87. The molecule has 0 rings (SSSR count). The van der Waals surface area contributed by atoms with Gasteiger partial charge in [-0.15, -0.1) is 0 Å². The Balaban J connectivity index is 3.97. The molecule has 0 aliphatic heterocycles. The molecule has 0 saturated carbocycles. The third-order valence-electron chi connectivity index (χ3n) is 2.99. The molecule has 12 heavy (non-hydrogen) atoms. The SMILES string of the molecule is CC(C)CCC(C)(CBr)C(C)C. The van der Waals surface area contributed by atoms with Crippen LogP contribution in [0.1, 0.15) is 47.5 Å². The van der Waals surface area contributed by atoms with Crippen molar-refractivity contribution in [1.82, 2.24) is 0 Å². The van der Waals surface area contributed by atoms with Gasteiger partial charge in [0.05, 0.1) is 0 Å². The van der Waals surface area contributed by atoms with Crippen LogP contribution < -0.4 is 0 Å². The summed E-state index contributed by atoms with van der Waals surface area (Å²) in [5, 5.41) is 1.13. The van der Waals surface area contributed by atoms with Crippen LogP contribution >= 0.6 is 15.9 Å². The van der Waals surface area contributed by atoms with Crippen LogP contribution in [0.5, 0.6) is 0 Å². The smallest absolute Gasteiger partial charge is 0.00877 e. The quantitative estimate of drug-likeness (QED) is 0.616. The maximum atomic E-state index is 3.62. The molecule has 0 aliphatic carbocycles. The molecule has 1 unspecified atom stereocenters. The highest BCUT2D eigenvalue weighted by atomic mass is 79.9. The zero-order valence-corrected chi connectivity index (χ0v) is 10.7. The maximum Gasteiger partial charge on any atom is 0.00877 e. The lowest BCUT2D eigenvalue weighted by Gasteiger charge is -2.32. The first-order chi connectivity index (χ1) is 5.42. The van der Waals surface area contributed by atoms with Gasteiger partial charge in [-0.3, -0.25) is 0 Å². The van der Waals surface area contributed by atoms with E-state index in [9.17, 15) is 0 Å². The van der Waals surface area contributed by atoms with Crippen molar-refractivity contribution in [3.8, 4) is 0 Å². The summed E-state index contributed by atoms with van der Waals surface area (Å²) in [5.41, 5.74) is 0.490. The zero-order valence-electron chi connectivity index (χ0n) is 9.15. The lowest BCUT2D eigenvalue weighted by molar-refractivity contribution is 0.221. The van der Waals surface area contributed by atoms with E-state index in [1.54, 1.807) is 0 Å². The van der Waals surface area contributed by atoms with E-state index in [0.717, 1.165) is 17.2 Å². The second-order valence-corrected chi connectivity index (χ2v) is 5.44. The minimum atomic E-state index is 0.490. The summed E-state index contributed by atoms with van der Waals surface area (Å²) in [6, 6.07) is 0. The van der Waals surface area contributed by atoms with Gasteiger partial charge in [0.2, 0.25) is 0 Å². The molecular weight excluding hydrogens is 212 g/mol. The zero-order chi connectivity index (χ0) is 9.78. The molecule has 1 heteroatoms. The molecule has 0 aliphatic rings. The van der Waals surface area contributed by atoms with Gasteiger partial charge in [0.1, 0.15) is 0 Å². The highest BCUT2D eigenvalue weighted by Gasteiger charge is 2.26. The first-order valence-electron chi connectivity index (χ1n) is 4.98. The standard InChI is InChI=1S/C11H23Br/c1-9(2)6-7-11(5,8-12)10(3)4/h9-10H,6-8H2,1-5H3. The summed E-state index contributed by atoms with van der Waals surface area (Å²) in [6.07, 6.45) is 2.69. The molecule has 0 fully saturated rings. The molecule has 0 nitrogen and oxygen atoms in total. The molecule has 0 saturated heterocycles. The predicted octanol–water partition coefficient (Wildman–Crippen LogP) is 4.48. The minimum Gasteiger partial charge on any atom is -0.0922 e. The normalized spacial score (nSPS) is 17.0. The molecular formula is C11H23Br. The molecule has 0 radical (unpaired) electrons. The number of rotatable bonds is 5. The van der Waals surface area contributed by atoms with Crippen LogP contribution in [0, 0.1) is 17.3 Å². The molecule has 0 spiro atoms. The van der Waals surface area contributed by atoms with Crippen molar-refractivity contribution < 1.29 is 0 Å². The Morgan fingerprint density at radius 1 is 1.17 bits per heavy atom. The van der Waals surface area contributed by atoms with Crippen LogP contribution in [-0.4, -0.2) is 5.33 Å². The highest BCUT2D eigenvalue weighted by Crippen LogP contribution is 2.35. The third kappa shape index (κ3) is 3.93. The Morgan fingerprint density at radius 2 is 1.67 bits per heavy atom. The molecule has 0 aromatic rings. The fourth-order valence-electron chi connectivity index (χ4n) is 1.13. The van der Waals surface area contributed by atoms with Gasteiger partial charge in [0.25, 0.3) is 0 Å². The van der Waals surface area contributed by atoms with E-state index >= 15 is 0 Å². The average Bonchev–Trinajstić information content (AvgIpc) is 1.99. The van der Waals surface area contributed by atoms with Crippen LogP contribution in [0.2, 0.25) is 0 Å². The van der Waals surface area contributed by atoms with Gasteiger partial charge in [0, 0.05) is 5.33 Å². The fraction of sp³-hybridized carbons (Fsp3) is 1.00. The van der Waals surface area contributed by atoms with E-state index < -0.39 is 0 Å². The Hall–Kier alpha value is 0.480. The van der Waals surface area contributed by atoms with Crippen molar-refractivity contribution in [3.05, 3.63) is 0 Å². The van der Waals surface area contributed by atoms with Gasteiger partial charge in [-0.2, -0.15) is 0 Å². The lowest BCUT2D eigenvalue weighted by Crippen LogP contribution is -2.25. The van der Waals surface area contributed by atoms with E-state index in [4.69, 9.17) is 0 Å². The number of alkyl halides is 1. The molecule has 0 aromatic heterocycles. The Bertz CT molecular complexity index is 118. The van der Waals surface area contributed by atoms with E-state index in [2.05, 4.69) is 50.5 Å². The minimum absolute atomic E-state index is 0.490. The van der Waals surface area contributed by atoms with Crippen LogP contribution in [0.3, 0.4) is 0 Å². The lowest BCUT2D eigenvalue weighted by atomic mass is 9.76. The van der Waals surface area contributed by atoms with Crippen LogP contribution in [-0.2, 0) is 0 Å². The largest absolute Gasteiger partial charge is 0.0922 e. The Kier molecular flexibility index (Phi) is 5.47. The van der Waals surface area contributed by atoms with Crippen molar-refractivity contribution in [1.29, 1.82) is 0 Å². The summed E-state index contributed by atoms with van der Waals surface area (Å²) >= 11 is 3.62. The van der Waals surface area contributed by atoms with Crippen molar-refractivity contribution in [2.75, 3.05) is 5.33 Å². The van der Waals surface area contributed by atoms with Gasteiger partial charge in [0.15, 0.2) is 0 Å². The van der Waals surface area contributed by atoms with Gasteiger partial charge < -0.3 is 0 Å². The first kappa shape index (κ1) is 12.5. The molecule has 74 valence electrons. The van der Waals surface area contributed by atoms with Gasteiger partial charge >= 0.3 is 0 Å².